The van der Waals surface area contributed by atoms with Gasteiger partial charge in [-0.3, -0.25) is 0 Å². The van der Waals surface area contributed by atoms with E-state index in [2.05, 4.69) is 30.9 Å². The molecule has 2 aromatic rings. The second-order valence-electron chi connectivity index (χ2n) is 3.41. The van der Waals surface area contributed by atoms with E-state index in [1.165, 1.54) is 7.11 Å². The van der Waals surface area contributed by atoms with Crippen LogP contribution >= 0.6 is 27.5 Å². The number of nitrogens with zero attached hydrogens (tertiary/aromatic N) is 3. The Morgan fingerprint density at radius 1 is 1.17 bits per heavy atom. The molecule has 0 unspecified atom stereocenters. The molecule has 0 atom stereocenters. The largest absolute Gasteiger partial charge is 0.467 e. The van der Waals surface area contributed by atoms with Gasteiger partial charge in [0, 0.05) is 0 Å². The number of halogens is 2. The molecule has 18 heavy (non-hydrogen) atoms. The lowest BCUT2D eigenvalue weighted by molar-refractivity contribution is 0.358. The zero-order valence-corrected chi connectivity index (χ0v) is 12.0. The van der Waals surface area contributed by atoms with Crippen LogP contribution < -0.4 is 9.47 Å². The summed E-state index contributed by atoms with van der Waals surface area (Å²) >= 11 is 9.12. The first-order chi connectivity index (χ1) is 8.58. The smallest absolute Gasteiger partial charge is 0.329 e. The minimum atomic E-state index is 0.0140. The summed E-state index contributed by atoms with van der Waals surface area (Å²) in [7, 11) is 1.44. The van der Waals surface area contributed by atoms with Gasteiger partial charge in [0.15, 0.2) is 0 Å². The summed E-state index contributed by atoms with van der Waals surface area (Å²) in [6.07, 6.45) is 0. The predicted octanol–water partition coefficient (Wildman–Crippen LogP) is 3.40. The molecule has 1 aromatic heterocycles. The number of benzene rings is 1. The van der Waals surface area contributed by atoms with Crippen molar-refractivity contribution in [2.24, 2.45) is 0 Å². The van der Waals surface area contributed by atoms with Crippen LogP contribution in [0.4, 0.5) is 0 Å². The van der Waals surface area contributed by atoms with Gasteiger partial charge < -0.3 is 9.47 Å². The summed E-state index contributed by atoms with van der Waals surface area (Å²) in [5, 5.41) is 0.0140. The molecule has 1 heterocycles. The topological polar surface area (TPSA) is 57.1 Å². The Hall–Kier alpha value is -1.40. The molecule has 94 valence electrons. The van der Waals surface area contributed by atoms with Crippen molar-refractivity contribution in [2.45, 2.75) is 6.92 Å². The van der Waals surface area contributed by atoms with Crippen molar-refractivity contribution >= 4 is 27.5 Å². The SMILES string of the molecule is COc1nc(Cl)nc(Oc2ccc(C)cc2Br)n1. The molecule has 0 saturated heterocycles. The van der Waals surface area contributed by atoms with E-state index in [1.54, 1.807) is 0 Å². The number of hydrogen-bond donors (Lipinski definition) is 0. The van der Waals surface area contributed by atoms with Crippen molar-refractivity contribution in [1.29, 1.82) is 0 Å². The molecule has 0 bridgehead atoms. The summed E-state index contributed by atoms with van der Waals surface area (Å²) in [4.78, 5) is 11.6. The average molecular weight is 331 g/mol. The van der Waals surface area contributed by atoms with Gasteiger partial charge in [-0.05, 0) is 52.2 Å². The Morgan fingerprint density at radius 2 is 1.89 bits per heavy atom. The summed E-state index contributed by atoms with van der Waals surface area (Å²) in [5.74, 6) is 0.588. The number of ether oxygens (including phenoxy) is 2. The van der Waals surface area contributed by atoms with Crippen molar-refractivity contribution < 1.29 is 9.47 Å². The number of methoxy groups -OCH3 is 1. The standard InChI is InChI=1S/C11H9BrClN3O2/c1-6-3-4-8(7(12)5-6)18-11-15-9(13)14-10(16-11)17-2/h3-5H,1-2H3. The van der Waals surface area contributed by atoms with Gasteiger partial charge in [-0.15, -0.1) is 4.98 Å². The van der Waals surface area contributed by atoms with Gasteiger partial charge in [0.2, 0.25) is 5.28 Å². The molecule has 0 radical (unpaired) electrons. The maximum absolute atomic E-state index is 5.73. The maximum atomic E-state index is 5.73. The Balaban J connectivity index is 2.30. The van der Waals surface area contributed by atoms with Crippen LogP contribution in [0.2, 0.25) is 5.28 Å². The lowest BCUT2D eigenvalue weighted by atomic mass is 10.2. The molecule has 0 fully saturated rings. The minimum absolute atomic E-state index is 0.0140. The van der Waals surface area contributed by atoms with E-state index in [1.807, 2.05) is 25.1 Å². The Bertz CT molecular complexity index is 580. The van der Waals surface area contributed by atoms with Crippen LogP contribution in [0.5, 0.6) is 17.8 Å². The van der Waals surface area contributed by atoms with E-state index in [0.29, 0.717) is 5.75 Å². The van der Waals surface area contributed by atoms with Gasteiger partial charge in [0.25, 0.3) is 0 Å². The Kier molecular flexibility index (Phi) is 3.98. The van der Waals surface area contributed by atoms with Crippen molar-refractivity contribution in [2.75, 3.05) is 7.11 Å². The van der Waals surface area contributed by atoms with Gasteiger partial charge in [-0.1, -0.05) is 6.07 Å². The minimum Gasteiger partial charge on any atom is -0.467 e. The Morgan fingerprint density at radius 3 is 2.56 bits per heavy atom. The molecule has 1 aromatic carbocycles. The van der Waals surface area contributed by atoms with Crippen molar-refractivity contribution in [1.82, 2.24) is 15.0 Å². The first kappa shape index (κ1) is 13.0. The van der Waals surface area contributed by atoms with E-state index in [4.69, 9.17) is 21.1 Å². The van der Waals surface area contributed by atoms with Crippen LogP contribution in [-0.2, 0) is 0 Å². The predicted molar refractivity (Wildman–Crippen MR) is 70.3 cm³/mol. The normalized spacial score (nSPS) is 10.2. The van der Waals surface area contributed by atoms with Crippen LogP contribution in [-0.4, -0.2) is 22.1 Å². The summed E-state index contributed by atoms with van der Waals surface area (Å²) in [5.41, 5.74) is 1.11. The molecule has 0 aliphatic heterocycles. The summed E-state index contributed by atoms with van der Waals surface area (Å²) in [6, 6.07) is 5.84. The average Bonchev–Trinajstić information content (AvgIpc) is 2.32. The van der Waals surface area contributed by atoms with E-state index in [-0.39, 0.29) is 17.3 Å². The molecular formula is C11H9BrClN3O2. The quantitative estimate of drug-likeness (QED) is 0.863. The second-order valence-corrected chi connectivity index (χ2v) is 4.60. The summed E-state index contributed by atoms with van der Waals surface area (Å²) in [6.45, 7) is 1.98. The van der Waals surface area contributed by atoms with E-state index < -0.39 is 0 Å². The van der Waals surface area contributed by atoms with E-state index in [0.717, 1.165) is 10.0 Å². The van der Waals surface area contributed by atoms with Gasteiger partial charge >= 0.3 is 12.0 Å². The fourth-order valence-corrected chi connectivity index (χ4v) is 1.96. The highest BCUT2D eigenvalue weighted by molar-refractivity contribution is 9.10. The Labute approximate surface area is 117 Å². The van der Waals surface area contributed by atoms with Crippen molar-refractivity contribution in [3.63, 3.8) is 0 Å². The summed E-state index contributed by atoms with van der Waals surface area (Å²) < 4.78 is 11.2. The third-order valence-electron chi connectivity index (χ3n) is 2.04. The zero-order valence-electron chi connectivity index (χ0n) is 9.65. The highest BCUT2D eigenvalue weighted by Gasteiger charge is 2.09. The molecule has 0 spiro atoms. The molecule has 0 N–H and O–H groups in total. The highest BCUT2D eigenvalue weighted by Crippen LogP contribution is 2.29. The van der Waals surface area contributed by atoms with Crippen LogP contribution in [0.3, 0.4) is 0 Å². The number of aromatic nitrogens is 3. The van der Waals surface area contributed by atoms with Crippen molar-refractivity contribution in [3.05, 3.63) is 33.5 Å². The molecular weight excluding hydrogens is 321 g/mol. The molecule has 7 heteroatoms. The molecule has 0 saturated carbocycles. The van der Waals surface area contributed by atoms with E-state index in [9.17, 15) is 0 Å². The van der Waals surface area contributed by atoms with Crippen LogP contribution in [0.25, 0.3) is 0 Å². The van der Waals surface area contributed by atoms with Gasteiger partial charge in [-0.25, -0.2) is 0 Å². The third-order valence-corrected chi connectivity index (χ3v) is 2.83. The monoisotopic (exact) mass is 329 g/mol. The fourth-order valence-electron chi connectivity index (χ4n) is 1.24. The third kappa shape index (κ3) is 3.08. The zero-order chi connectivity index (χ0) is 13.1. The number of rotatable bonds is 3. The molecule has 0 aliphatic rings. The first-order valence-electron chi connectivity index (χ1n) is 4.98. The van der Waals surface area contributed by atoms with Gasteiger partial charge in [0.1, 0.15) is 5.75 Å². The fraction of sp³-hybridized carbons (Fsp3) is 0.182. The van der Waals surface area contributed by atoms with Crippen LogP contribution in [0, 0.1) is 6.92 Å². The lowest BCUT2D eigenvalue weighted by Crippen LogP contribution is -1.99. The molecule has 5 nitrogen and oxygen atoms in total. The second kappa shape index (κ2) is 5.49. The van der Waals surface area contributed by atoms with E-state index >= 15 is 0 Å². The molecule has 2 rings (SSSR count). The lowest BCUT2D eigenvalue weighted by Gasteiger charge is -2.07. The van der Waals surface area contributed by atoms with Crippen molar-refractivity contribution in [3.8, 4) is 17.8 Å². The first-order valence-corrected chi connectivity index (χ1v) is 6.15. The van der Waals surface area contributed by atoms with Gasteiger partial charge in [0.05, 0.1) is 11.6 Å². The molecule has 0 aliphatic carbocycles. The van der Waals surface area contributed by atoms with Crippen LogP contribution in [0.15, 0.2) is 22.7 Å². The highest BCUT2D eigenvalue weighted by atomic mass is 79.9. The molecule has 0 amide bonds. The van der Waals surface area contributed by atoms with Gasteiger partial charge in [-0.2, -0.15) is 9.97 Å². The van der Waals surface area contributed by atoms with Crippen LogP contribution in [0.1, 0.15) is 5.56 Å². The maximum Gasteiger partial charge on any atom is 0.329 e. The number of hydrogen-bond acceptors (Lipinski definition) is 5. The number of aryl methyl sites for hydroxylation is 1.